The fourth-order valence-electron chi connectivity index (χ4n) is 3.42. The minimum absolute atomic E-state index is 0.0811. The molecule has 160 valence electrons. The molecule has 0 saturated carbocycles. The molecule has 1 aromatic heterocycles. The van der Waals surface area contributed by atoms with Crippen LogP contribution in [0, 0.1) is 5.82 Å². The number of aromatic amines is 1. The van der Waals surface area contributed by atoms with E-state index in [-0.39, 0.29) is 17.6 Å². The lowest BCUT2D eigenvalue weighted by Gasteiger charge is -2.18. The number of ketones is 1. The Kier molecular flexibility index (Phi) is 9.22. The smallest absolute Gasteiger partial charge is 0.210 e. The summed E-state index contributed by atoms with van der Waals surface area (Å²) in [5, 5.41) is 0.698. The van der Waals surface area contributed by atoms with Gasteiger partial charge in [-0.3, -0.25) is 9.59 Å². The van der Waals surface area contributed by atoms with Gasteiger partial charge in [-0.25, -0.2) is 4.39 Å². The summed E-state index contributed by atoms with van der Waals surface area (Å²) < 4.78 is 18.0. The Morgan fingerprint density at radius 3 is 2.63 bits per heavy atom. The maximum Gasteiger partial charge on any atom is 0.210 e. The third-order valence-electron chi connectivity index (χ3n) is 4.80. The van der Waals surface area contributed by atoms with E-state index in [1.807, 2.05) is 44.2 Å². The average molecular weight is 413 g/mol. The van der Waals surface area contributed by atoms with Crippen molar-refractivity contribution in [1.29, 1.82) is 0 Å². The number of nitrogens with zero attached hydrogens (tertiary/aromatic N) is 1. The monoisotopic (exact) mass is 412 g/mol. The van der Waals surface area contributed by atoms with Crippen molar-refractivity contribution >= 4 is 23.1 Å². The van der Waals surface area contributed by atoms with Crippen LogP contribution >= 0.6 is 0 Å². The van der Waals surface area contributed by atoms with Crippen molar-refractivity contribution in [3.05, 3.63) is 71.7 Å². The molecule has 0 aliphatic carbocycles. The van der Waals surface area contributed by atoms with E-state index in [4.69, 9.17) is 4.74 Å². The third kappa shape index (κ3) is 5.76. The number of carbonyl (C=O) groups excluding carboxylic acids is 2. The summed E-state index contributed by atoms with van der Waals surface area (Å²) >= 11 is 0. The molecule has 2 aromatic carbocycles. The zero-order valence-electron chi connectivity index (χ0n) is 17.7. The lowest BCUT2D eigenvalue weighted by Crippen LogP contribution is -2.34. The van der Waals surface area contributed by atoms with Crippen molar-refractivity contribution in [1.82, 2.24) is 9.88 Å². The second kappa shape index (κ2) is 11.9. The fraction of sp³-hybridized carbons (Fsp3) is 0.333. The Morgan fingerprint density at radius 1 is 1.23 bits per heavy atom. The molecule has 30 heavy (non-hydrogen) atoms. The maximum absolute atomic E-state index is 13.1. The molecule has 5 nitrogen and oxygen atoms in total. The number of rotatable bonds is 5. The fourth-order valence-corrected chi connectivity index (χ4v) is 3.42. The Bertz CT molecular complexity index is 940. The van der Waals surface area contributed by atoms with Crippen LogP contribution < -0.4 is 0 Å². The Balaban J connectivity index is 0.000000245. The number of methoxy groups -OCH3 is 1. The van der Waals surface area contributed by atoms with Crippen LogP contribution in [0.4, 0.5) is 4.39 Å². The second-order valence-corrected chi connectivity index (χ2v) is 6.68. The first-order valence-corrected chi connectivity index (χ1v) is 10.2. The molecule has 3 aromatic rings. The molecule has 1 amide bonds. The van der Waals surface area contributed by atoms with Gasteiger partial charge in [0.1, 0.15) is 5.82 Å². The van der Waals surface area contributed by atoms with Gasteiger partial charge in [-0.2, -0.15) is 0 Å². The summed E-state index contributed by atoms with van der Waals surface area (Å²) in [6.45, 7) is 5.33. The normalized spacial score (nSPS) is 15.1. The molecule has 1 atom stereocenters. The van der Waals surface area contributed by atoms with Crippen molar-refractivity contribution in [2.24, 2.45) is 0 Å². The molecule has 1 saturated heterocycles. The Hall–Kier alpha value is -2.99. The predicted octanol–water partition coefficient (Wildman–Crippen LogP) is 4.97. The molecule has 0 spiro atoms. The van der Waals surface area contributed by atoms with Crippen LogP contribution in [0.2, 0.25) is 0 Å². The summed E-state index contributed by atoms with van der Waals surface area (Å²) in [6.07, 6.45) is 3.84. The van der Waals surface area contributed by atoms with Gasteiger partial charge in [-0.1, -0.05) is 44.2 Å². The number of benzene rings is 2. The molecule has 6 heteroatoms. The van der Waals surface area contributed by atoms with E-state index in [2.05, 4.69) is 4.98 Å². The standard InChI is InChI=1S/C14H13FN2O2.C8H10O.C2H6/c15-9-3-4-10-11(7-16-12(10)6-9)14(19)13-2-1-5-17(13)8-18;1-9-7-8-5-3-2-4-6-8;1-2/h3-4,6-8,13,16H,1-2,5H2;2-6H,7H2,1H3;1-2H3. The van der Waals surface area contributed by atoms with E-state index >= 15 is 0 Å². The number of fused-ring (bicyclic) bond motifs is 1. The third-order valence-corrected chi connectivity index (χ3v) is 4.80. The van der Waals surface area contributed by atoms with Gasteiger partial charge in [-0.05, 0) is 36.6 Å². The summed E-state index contributed by atoms with van der Waals surface area (Å²) in [4.78, 5) is 27.8. The first-order chi connectivity index (χ1) is 14.6. The molecule has 2 heterocycles. The largest absolute Gasteiger partial charge is 0.380 e. The average Bonchev–Trinajstić information content (AvgIpc) is 3.43. The molecule has 1 unspecified atom stereocenters. The van der Waals surface area contributed by atoms with E-state index in [0.29, 0.717) is 36.0 Å². The highest BCUT2D eigenvalue weighted by molar-refractivity contribution is 6.10. The molecule has 4 rings (SSSR count). The summed E-state index contributed by atoms with van der Waals surface area (Å²) in [5.74, 6) is -0.425. The molecule has 1 N–H and O–H groups in total. The van der Waals surface area contributed by atoms with Gasteiger partial charge >= 0.3 is 0 Å². The number of hydrogen-bond acceptors (Lipinski definition) is 3. The van der Waals surface area contributed by atoms with Crippen LogP contribution in [0.15, 0.2) is 54.7 Å². The summed E-state index contributed by atoms with van der Waals surface area (Å²) in [6, 6.07) is 14.0. The molecular weight excluding hydrogens is 383 g/mol. The van der Waals surface area contributed by atoms with Gasteiger partial charge in [0.25, 0.3) is 0 Å². The number of halogens is 1. The predicted molar refractivity (Wildman–Crippen MR) is 117 cm³/mol. The summed E-state index contributed by atoms with van der Waals surface area (Å²) in [5.41, 5.74) is 2.34. The number of H-pyrrole nitrogens is 1. The molecule has 1 aliphatic rings. The number of carbonyl (C=O) groups is 2. The zero-order chi connectivity index (χ0) is 21.9. The van der Waals surface area contributed by atoms with Gasteiger partial charge in [0.2, 0.25) is 6.41 Å². The van der Waals surface area contributed by atoms with Crippen LogP contribution in [-0.2, 0) is 16.1 Å². The number of ether oxygens (including phenoxy) is 1. The van der Waals surface area contributed by atoms with Crippen molar-refractivity contribution in [3.8, 4) is 0 Å². The Morgan fingerprint density at radius 2 is 1.97 bits per heavy atom. The molecule has 0 radical (unpaired) electrons. The first-order valence-electron chi connectivity index (χ1n) is 10.2. The topological polar surface area (TPSA) is 62.4 Å². The number of aromatic nitrogens is 1. The highest BCUT2D eigenvalue weighted by atomic mass is 19.1. The van der Waals surface area contributed by atoms with Crippen LogP contribution in [0.5, 0.6) is 0 Å². The SMILES string of the molecule is CC.COCc1ccccc1.O=CN1CCCC1C(=O)c1c[nH]c2cc(F)ccc12. The van der Waals surface area contributed by atoms with Crippen molar-refractivity contribution in [2.75, 3.05) is 13.7 Å². The highest BCUT2D eigenvalue weighted by Crippen LogP contribution is 2.25. The van der Waals surface area contributed by atoms with Crippen LogP contribution in [0.3, 0.4) is 0 Å². The lowest BCUT2D eigenvalue weighted by atomic mass is 10.0. The second-order valence-electron chi connectivity index (χ2n) is 6.68. The van der Waals surface area contributed by atoms with Crippen LogP contribution in [0.25, 0.3) is 10.9 Å². The highest BCUT2D eigenvalue weighted by Gasteiger charge is 2.31. The molecule has 1 aliphatic heterocycles. The number of likely N-dealkylation sites (tertiary alicyclic amines) is 1. The van der Waals surface area contributed by atoms with Gasteiger partial charge < -0.3 is 14.6 Å². The number of Topliss-reactive ketones (excluding diaryl/α,β-unsaturated/α-hetero) is 1. The minimum atomic E-state index is -0.387. The van der Waals surface area contributed by atoms with E-state index in [1.54, 1.807) is 19.4 Å². The van der Waals surface area contributed by atoms with Gasteiger partial charge in [-0.15, -0.1) is 0 Å². The van der Waals surface area contributed by atoms with Crippen molar-refractivity contribution in [3.63, 3.8) is 0 Å². The number of nitrogens with one attached hydrogen (secondary N) is 1. The van der Waals surface area contributed by atoms with E-state index in [0.717, 1.165) is 12.8 Å². The van der Waals surface area contributed by atoms with Crippen LogP contribution in [-0.4, -0.2) is 41.8 Å². The number of hydrogen-bond donors (Lipinski definition) is 1. The lowest BCUT2D eigenvalue weighted by molar-refractivity contribution is -0.118. The van der Waals surface area contributed by atoms with Gasteiger partial charge in [0.15, 0.2) is 5.78 Å². The van der Waals surface area contributed by atoms with Gasteiger partial charge in [0, 0.05) is 36.3 Å². The minimum Gasteiger partial charge on any atom is -0.380 e. The Labute approximate surface area is 176 Å². The quantitative estimate of drug-likeness (QED) is 0.475. The van der Waals surface area contributed by atoms with E-state index < -0.39 is 0 Å². The van der Waals surface area contributed by atoms with Crippen LogP contribution in [0.1, 0.15) is 42.6 Å². The van der Waals surface area contributed by atoms with E-state index in [9.17, 15) is 14.0 Å². The van der Waals surface area contributed by atoms with Gasteiger partial charge in [0.05, 0.1) is 12.6 Å². The zero-order valence-corrected chi connectivity index (χ0v) is 17.7. The first kappa shape index (κ1) is 23.3. The van der Waals surface area contributed by atoms with E-state index in [1.165, 1.54) is 22.6 Å². The maximum atomic E-state index is 13.1. The molecular formula is C24H29FN2O3. The van der Waals surface area contributed by atoms with Crippen molar-refractivity contribution in [2.45, 2.75) is 39.3 Å². The van der Waals surface area contributed by atoms with Crippen molar-refractivity contribution < 1.29 is 18.7 Å². The molecule has 0 bridgehead atoms. The number of amides is 1. The summed E-state index contributed by atoms with van der Waals surface area (Å²) in [7, 11) is 1.70. The molecule has 1 fully saturated rings.